The summed E-state index contributed by atoms with van der Waals surface area (Å²) in [6.45, 7) is 2.90. The first kappa shape index (κ1) is 30.7. The van der Waals surface area contributed by atoms with Crippen LogP contribution >= 0.6 is 23.4 Å². The quantitative estimate of drug-likeness (QED) is 0.129. The number of nitrogens with one attached hydrogen (secondary N) is 3. The minimum Gasteiger partial charge on any atom is -0.486 e. The van der Waals surface area contributed by atoms with Crippen molar-refractivity contribution in [3.05, 3.63) is 119 Å². The van der Waals surface area contributed by atoms with Gasteiger partial charge >= 0.3 is 0 Å². The van der Waals surface area contributed by atoms with E-state index in [4.69, 9.17) is 21.1 Å². The fraction of sp³-hybridized carbons (Fsp3) is 0.147. The van der Waals surface area contributed by atoms with E-state index < -0.39 is 11.8 Å². The largest absolute Gasteiger partial charge is 0.486 e. The zero-order valence-corrected chi connectivity index (χ0v) is 25.4. The van der Waals surface area contributed by atoms with Crippen LogP contribution in [0.1, 0.15) is 29.3 Å². The molecule has 0 aliphatic carbocycles. The summed E-state index contributed by atoms with van der Waals surface area (Å²) in [6, 6.07) is 28.1. The van der Waals surface area contributed by atoms with Gasteiger partial charge in [0.05, 0.1) is 5.25 Å². The molecule has 10 heteroatoms. The number of rotatable bonds is 10. The van der Waals surface area contributed by atoms with Crippen LogP contribution in [0.2, 0.25) is 5.02 Å². The Morgan fingerprint density at radius 1 is 0.841 bits per heavy atom. The number of carbonyl (C=O) groups excluding carboxylic acids is 3. The smallest absolute Gasteiger partial charge is 0.272 e. The van der Waals surface area contributed by atoms with Gasteiger partial charge in [-0.2, -0.15) is 0 Å². The molecule has 4 aromatic carbocycles. The summed E-state index contributed by atoms with van der Waals surface area (Å²) in [4.78, 5) is 40.3. The van der Waals surface area contributed by atoms with Gasteiger partial charge in [-0.05, 0) is 72.7 Å². The maximum absolute atomic E-state index is 13.4. The second kappa shape index (κ2) is 14.6. The first-order chi connectivity index (χ1) is 21.4. The molecule has 0 bridgehead atoms. The summed E-state index contributed by atoms with van der Waals surface area (Å²) in [5.41, 5.74) is 2.30. The van der Waals surface area contributed by atoms with Crippen molar-refractivity contribution in [2.45, 2.75) is 23.5 Å². The standard InChI is InChI=1S/C34H30ClN3O5S/c1-2-31(34(41)37-26-15-16-29-30(21-26)43-18-17-42-29)44-27-10-6-9-25(20-27)36-33(40)28(19-22-11-13-24(35)14-12-22)38-32(39)23-7-4-3-5-8-23/h3-16,19-21,31H,2,17-18H2,1H3,(H,36,40)(H,37,41)(H,38,39)/b28-19-. The van der Waals surface area contributed by atoms with Crippen molar-refractivity contribution in [2.24, 2.45) is 0 Å². The number of fused-ring (bicyclic) bond motifs is 1. The summed E-state index contributed by atoms with van der Waals surface area (Å²) < 4.78 is 11.2. The number of amides is 3. The van der Waals surface area contributed by atoms with Gasteiger partial charge in [0.2, 0.25) is 5.91 Å². The minimum atomic E-state index is -0.505. The van der Waals surface area contributed by atoms with Gasteiger partial charge in [-0.3, -0.25) is 14.4 Å². The van der Waals surface area contributed by atoms with Gasteiger partial charge in [0, 0.05) is 32.9 Å². The minimum absolute atomic E-state index is 0.0597. The maximum Gasteiger partial charge on any atom is 0.272 e. The van der Waals surface area contributed by atoms with Crippen LogP contribution in [0.5, 0.6) is 11.5 Å². The van der Waals surface area contributed by atoms with E-state index in [1.54, 1.807) is 91.0 Å². The van der Waals surface area contributed by atoms with Crippen LogP contribution in [-0.4, -0.2) is 36.2 Å². The SMILES string of the molecule is CCC(Sc1cccc(NC(=O)/C(=C/c2ccc(Cl)cc2)NC(=O)c2ccccc2)c1)C(=O)Nc1ccc2c(c1)OCCO2. The van der Waals surface area contributed by atoms with Crippen molar-refractivity contribution in [1.29, 1.82) is 0 Å². The highest BCUT2D eigenvalue weighted by molar-refractivity contribution is 8.00. The molecule has 1 heterocycles. The van der Waals surface area contributed by atoms with Crippen LogP contribution in [-0.2, 0) is 9.59 Å². The third-order valence-corrected chi connectivity index (χ3v) is 8.16. The third kappa shape index (κ3) is 8.21. The molecule has 0 aromatic heterocycles. The predicted octanol–water partition coefficient (Wildman–Crippen LogP) is 7.03. The van der Waals surface area contributed by atoms with Crippen LogP contribution < -0.4 is 25.4 Å². The Morgan fingerprint density at radius 3 is 2.32 bits per heavy atom. The fourth-order valence-electron chi connectivity index (χ4n) is 4.34. The van der Waals surface area contributed by atoms with Crippen molar-refractivity contribution in [2.75, 3.05) is 23.8 Å². The zero-order valence-electron chi connectivity index (χ0n) is 23.8. The second-order valence-corrected chi connectivity index (χ2v) is 11.5. The monoisotopic (exact) mass is 627 g/mol. The number of halogens is 1. The lowest BCUT2D eigenvalue weighted by atomic mass is 10.1. The summed E-state index contributed by atoms with van der Waals surface area (Å²) >= 11 is 7.41. The Kier molecular flexibility index (Phi) is 10.2. The van der Waals surface area contributed by atoms with Gasteiger partial charge in [0.15, 0.2) is 11.5 Å². The Labute approximate surface area is 264 Å². The molecule has 224 valence electrons. The fourth-order valence-corrected chi connectivity index (χ4v) is 5.48. The van der Waals surface area contributed by atoms with E-state index in [0.717, 1.165) is 4.90 Å². The lowest BCUT2D eigenvalue weighted by molar-refractivity contribution is -0.116. The lowest BCUT2D eigenvalue weighted by Gasteiger charge is -2.20. The van der Waals surface area contributed by atoms with E-state index in [9.17, 15) is 14.4 Å². The molecule has 44 heavy (non-hydrogen) atoms. The third-order valence-electron chi connectivity index (χ3n) is 6.55. The van der Waals surface area contributed by atoms with Gasteiger partial charge in [-0.1, -0.05) is 54.9 Å². The van der Waals surface area contributed by atoms with Crippen LogP contribution in [0.15, 0.2) is 108 Å². The Bertz CT molecular complexity index is 1680. The molecule has 0 saturated heterocycles. The number of benzene rings is 4. The number of hydrogen-bond donors (Lipinski definition) is 3. The molecule has 0 fully saturated rings. The average Bonchev–Trinajstić information content (AvgIpc) is 3.04. The van der Waals surface area contributed by atoms with Crippen LogP contribution in [0, 0.1) is 0 Å². The van der Waals surface area contributed by atoms with Gasteiger partial charge in [-0.15, -0.1) is 11.8 Å². The van der Waals surface area contributed by atoms with Crippen LogP contribution in [0.25, 0.3) is 6.08 Å². The highest BCUT2D eigenvalue weighted by Crippen LogP contribution is 2.34. The highest BCUT2D eigenvalue weighted by Gasteiger charge is 2.21. The van der Waals surface area contributed by atoms with Gasteiger partial charge in [0.1, 0.15) is 18.9 Å². The van der Waals surface area contributed by atoms with Gasteiger partial charge in [-0.25, -0.2) is 0 Å². The number of carbonyl (C=O) groups is 3. The van der Waals surface area contributed by atoms with Crippen molar-refractivity contribution >= 4 is 58.5 Å². The molecule has 1 aliphatic heterocycles. The van der Waals surface area contributed by atoms with E-state index in [-0.39, 0.29) is 16.9 Å². The summed E-state index contributed by atoms with van der Waals surface area (Å²) in [5.74, 6) is 0.179. The van der Waals surface area contributed by atoms with E-state index in [0.29, 0.717) is 58.7 Å². The topological polar surface area (TPSA) is 106 Å². The predicted molar refractivity (Wildman–Crippen MR) is 174 cm³/mol. The Balaban J connectivity index is 1.28. The number of hydrogen-bond acceptors (Lipinski definition) is 6. The summed E-state index contributed by atoms with van der Waals surface area (Å²) in [7, 11) is 0. The Hall–Kier alpha value is -4.73. The average molecular weight is 628 g/mol. The molecule has 0 spiro atoms. The number of thioether (sulfide) groups is 1. The first-order valence-corrected chi connectivity index (χ1v) is 15.3. The van der Waals surface area contributed by atoms with Crippen molar-refractivity contribution in [3.8, 4) is 11.5 Å². The van der Waals surface area contributed by atoms with Crippen molar-refractivity contribution < 1.29 is 23.9 Å². The second-order valence-electron chi connectivity index (χ2n) is 9.77. The number of ether oxygens (including phenoxy) is 2. The van der Waals surface area contributed by atoms with Gasteiger partial charge in [0.25, 0.3) is 11.8 Å². The van der Waals surface area contributed by atoms with E-state index in [1.165, 1.54) is 11.8 Å². The molecule has 0 radical (unpaired) electrons. The molecule has 1 atom stereocenters. The molecule has 5 rings (SSSR count). The van der Waals surface area contributed by atoms with Crippen LogP contribution in [0.3, 0.4) is 0 Å². The van der Waals surface area contributed by atoms with Crippen molar-refractivity contribution in [1.82, 2.24) is 5.32 Å². The van der Waals surface area contributed by atoms with Gasteiger partial charge < -0.3 is 25.4 Å². The summed E-state index contributed by atoms with van der Waals surface area (Å²) in [6.07, 6.45) is 2.16. The summed E-state index contributed by atoms with van der Waals surface area (Å²) in [5, 5.41) is 8.73. The van der Waals surface area contributed by atoms with Crippen molar-refractivity contribution in [3.63, 3.8) is 0 Å². The molecule has 8 nitrogen and oxygen atoms in total. The molecule has 3 N–H and O–H groups in total. The molecule has 1 aliphatic rings. The van der Waals surface area contributed by atoms with Crippen LogP contribution in [0.4, 0.5) is 11.4 Å². The number of anilines is 2. The zero-order chi connectivity index (χ0) is 30.9. The van der Waals surface area contributed by atoms with E-state index in [1.807, 2.05) is 19.1 Å². The molecule has 4 aromatic rings. The van der Waals surface area contributed by atoms with E-state index >= 15 is 0 Å². The highest BCUT2D eigenvalue weighted by atomic mass is 35.5. The maximum atomic E-state index is 13.4. The normalized spacial score (nSPS) is 13.0. The molecular weight excluding hydrogens is 598 g/mol. The lowest BCUT2D eigenvalue weighted by Crippen LogP contribution is -2.30. The first-order valence-electron chi connectivity index (χ1n) is 14.0. The molecule has 1 unspecified atom stereocenters. The molecule has 3 amide bonds. The van der Waals surface area contributed by atoms with E-state index in [2.05, 4.69) is 16.0 Å². The molecular formula is C34H30ClN3O5S. The molecule has 0 saturated carbocycles. The Morgan fingerprint density at radius 2 is 1.57 bits per heavy atom.